The van der Waals surface area contributed by atoms with Gasteiger partial charge < -0.3 is 10.1 Å². The Hall–Kier alpha value is -2.12. The van der Waals surface area contributed by atoms with E-state index in [1.807, 2.05) is 0 Å². The number of benzene rings is 1. The van der Waals surface area contributed by atoms with Crippen LogP contribution in [0.2, 0.25) is 0 Å². The van der Waals surface area contributed by atoms with Crippen molar-refractivity contribution >= 4 is 17.6 Å². The van der Waals surface area contributed by atoms with Gasteiger partial charge in [-0.3, -0.25) is 9.59 Å². The van der Waals surface area contributed by atoms with Gasteiger partial charge in [0.05, 0.1) is 18.6 Å². The summed E-state index contributed by atoms with van der Waals surface area (Å²) in [5.41, 5.74) is -1.66. The number of halogens is 4. The average Bonchev–Trinajstić information content (AvgIpc) is 2.38. The first-order valence-electron chi connectivity index (χ1n) is 6.06. The third-order valence-corrected chi connectivity index (χ3v) is 2.42. The van der Waals surface area contributed by atoms with Gasteiger partial charge >= 0.3 is 12.1 Å². The van der Waals surface area contributed by atoms with Crippen molar-refractivity contribution in [3.63, 3.8) is 0 Å². The van der Waals surface area contributed by atoms with Crippen molar-refractivity contribution in [1.29, 1.82) is 0 Å². The standard InChI is InChI=1S/C13H13F4NO3/c1-2-21-12(20)6-5-11(19)18-8-3-4-10(14)9(7-8)13(15,16)17/h3-4,7H,2,5-6H2,1H3,(H,18,19). The second-order valence-corrected chi connectivity index (χ2v) is 4.05. The molecule has 0 aliphatic heterocycles. The molecule has 0 bridgehead atoms. The van der Waals surface area contributed by atoms with Crippen LogP contribution >= 0.6 is 0 Å². The largest absolute Gasteiger partial charge is 0.466 e. The van der Waals surface area contributed by atoms with Crippen LogP contribution < -0.4 is 5.32 Å². The summed E-state index contributed by atoms with van der Waals surface area (Å²) in [5, 5.41) is 2.17. The van der Waals surface area contributed by atoms with Crippen molar-refractivity contribution in [2.24, 2.45) is 0 Å². The van der Waals surface area contributed by atoms with E-state index in [1.165, 1.54) is 0 Å². The van der Waals surface area contributed by atoms with Gasteiger partial charge in [-0.05, 0) is 25.1 Å². The molecule has 0 aliphatic carbocycles. The highest BCUT2D eigenvalue weighted by Crippen LogP contribution is 2.32. The molecule has 0 fully saturated rings. The number of ether oxygens (including phenoxy) is 1. The minimum Gasteiger partial charge on any atom is -0.466 e. The Labute approximate surface area is 118 Å². The summed E-state index contributed by atoms with van der Waals surface area (Å²) in [6.07, 6.45) is -5.28. The van der Waals surface area contributed by atoms with Crippen molar-refractivity contribution in [2.45, 2.75) is 25.9 Å². The second kappa shape index (κ2) is 7.05. The Morgan fingerprint density at radius 2 is 1.90 bits per heavy atom. The fourth-order valence-electron chi connectivity index (χ4n) is 1.49. The molecule has 116 valence electrons. The van der Waals surface area contributed by atoms with Gasteiger partial charge in [0.15, 0.2) is 0 Å². The van der Waals surface area contributed by atoms with Crippen LogP contribution in [0.3, 0.4) is 0 Å². The first kappa shape index (κ1) is 16.9. The summed E-state index contributed by atoms with van der Waals surface area (Å²) < 4.78 is 55.1. The smallest absolute Gasteiger partial charge is 0.419 e. The van der Waals surface area contributed by atoms with Crippen molar-refractivity contribution < 1.29 is 31.9 Å². The minimum atomic E-state index is -4.85. The number of nitrogens with one attached hydrogen (secondary N) is 1. The number of hydrogen-bond donors (Lipinski definition) is 1. The molecule has 0 saturated carbocycles. The van der Waals surface area contributed by atoms with Gasteiger partial charge in [0, 0.05) is 12.1 Å². The van der Waals surface area contributed by atoms with Gasteiger partial charge in [-0.15, -0.1) is 0 Å². The second-order valence-electron chi connectivity index (χ2n) is 4.05. The van der Waals surface area contributed by atoms with Crippen LogP contribution in [0.4, 0.5) is 23.2 Å². The van der Waals surface area contributed by atoms with Gasteiger partial charge in [-0.25, -0.2) is 4.39 Å². The minimum absolute atomic E-state index is 0.174. The highest BCUT2D eigenvalue weighted by molar-refractivity contribution is 5.92. The Morgan fingerprint density at radius 3 is 2.48 bits per heavy atom. The number of rotatable bonds is 5. The Balaban J connectivity index is 2.67. The number of carbonyl (C=O) groups excluding carboxylic acids is 2. The molecule has 1 rings (SSSR count). The summed E-state index contributed by atoms with van der Waals surface area (Å²) in [4.78, 5) is 22.5. The van der Waals surface area contributed by atoms with Crippen LogP contribution in [0.25, 0.3) is 0 Å². The van der Waals surface area contributed by atoms with Crippen LogP contribution in [0.1, 0.15) is 25.3 Å². The van der Waals surface area contributed by atoms with Crippen LogP contribution in [0.15, 0.2) is 18.2 Å². The number of alkyl halides is 3. The van der Waals surface area contributed by atoms with E-state index in [0.717, 1.165) is 6.07 Å². The maximum Gasteiger partial charge on any atom is 0.419 e. The zero-order valence-electron chi connectivity index (χ0n) is 11.1. The molecule has 0 aromatic heterocycles. The number of hydrogen-bond acceptors (Lipinski definition) is 3. The molecule has 4 nitrogen and oxygen atoms in total. The molecule has 21 heavy (non-hydrogen) atoms. The lowest BCUT2D eigenvalue weighted by atomic mass is 10.1. The van der Waals surface area contributed by atoms with E-state index >= 15 is 0 Å². The summed E-state index contributed by atoms with van der Waals surface area (Å²) >= 11 is 0. The third-order valence-electron chi connectivity index (χ3n) is 2.42. The Morgan fingerprint density at radius 1 is 1.24 bits per heavy atom. The quantitative estimate of drug-likeness (QED) is 0.671. The lowest BCUT2D eigenvalue weighted by molar-refractivity contribution is -0.144. The topological polar surface area (TPSA) is 55.4 Å². The maximum absolute atomic E-state index is 13.0. The molecule has 1 N–H and O–H groups in total. The van der Waals surface area contributed by atoms with E-state index in [9.17, 15) is 27.2 Å². The van der Waals surface area contributed by atoms with Crippen LogP contribution in [-0.4, -0.2) is 18.5 Å². The molecule has 0 spiro atoms. The predicted molar refractivity (Wildman–Crippen MR) is 65.9 cm³/mol. The van der Waals surface area contributed by atoms with Gasteiger partial charge in [0.2, 0.25) is 5.91 Å². The SMILES string of the molecule is CCOC(=O)CCC(=O)Nc1ccc(F)c(C(F)(F)F)c1. The summed E-state index contributed by atoms with van der Waals surface area (Å²) in [7, 11) is 0. The zero-order chi connectivity index (χ0) is 16.0. The van der Waals surface area contributed by atoms with Gasteiger partial charge in [-0.2, -0.15) is 13.2 Å². The highest BCUT2D eigenvalue weighted by atomic mass is 19.4. The molecule has 0 atom stereocenters. The van der Waals surface area contributed by atoms with Gasteiger partial charge in [0.25, 0.3) is 0 Å². The molecule has 0 aliphatic rings. The number of carbonyl (C=O) groups is 2. The highest BCUT2D eigenvalue weighted by Gasteiger charge is 2.34. The number of amides is 1. The lowest BCUT2D eigenvalue weighted by Gasteiger charge is -2.11. The molecule has 0 saturated heterocycles. The van der Waals surface area contributed by atoms with Gasteiger partial charge in [-0.1, -0.05) is 0 Å². The van der Waals surface area contributed by atoms with Crippen LogP contribution in [0, 0.1) is 5.82 Å². The Bertz CT molecular complexity index is 529. The van der Waals surface area contributed by atoms with E-state index in [2.05, 4.69) is 10.1 Å². The molecule has 0 radical (unpaired) electrons. The van der Waals surface area contributed by atoms with Crippen molar-refractivity contribution in [2.75, 3.05) is 11.9 Å². The third kappa shape index (κ3) is 5.41. The van der Waals surface area contributed by atoms with E-state index in [0.29, 0.717) is 12.1 Å². The van der Waals surface area contributed by atoms with Crippen LogP contribution in [-0.2, 0) is 20.5 Å². The van der Waals surface area contributed by atoms with E-state index < -0.39 is 29.4 Å². The molecular weight excluding hydrogens is 294 g/mol. The molecule has 1 aromatic carbocycles. The normalized spacial score (nSPS) is 11.1. The molecule has 0 unspecified atom stereocenters. The first-order chi connectivity index (χ1) is 9.74. The summed E-state index contributed by atoms with van der Waals surface area (Å²) in [6.45, 7) is 1.78. The van der Waals surface area contributed by atoms with E-state index in [-0.39, 0.29) is 25.1 Å². The number of esters is 1. The van der Waals surface area contributed by atoms with E-state index in [1.54, 1.807) is 6.92 Å². The lowest BCUT2D eigenvalue weighted by Crippen LogP contribution is -2.16. The maximum atomic E-state index is 13.0. The molecule has 1 amide bonds. The molecule has 1 aromatic rings. The molecule has 0 heterocycles. The fourth-order valence-corrected chi connectivity index (χ4v) is 1.49. The average molecular weight is 307 g/mol. The first-order valence-corrected chi connectivity index (χ1v) is 6.06. The fraction of sp³-hybridized carbons (Fsp3) is 0.385. The van der Waals surface area contributed by atoms with Crippen molar-refractivity contribution in [1.82, 2.24) is 0 Å². The van der Waals surface area contributed by atoms with E-state index in [4.69, 9.17) is 0 Å². The molecule has 8 heteroatoms. The summed E-state index contributed by atoms with van der Waals surface area (Å²) in [6, 6.07) is 2.12. The Kier molecular flexibility index (Phi) is 5.69. The predicted octanol–water partition coefficient (Wildman–Crippen LogP) is 3.13. The molecular formula is C13H13F4NO3. The van der Waals surface area contributed by atoms with Crippen molar-refractivity contribution in [3.05, 3.63) is 29.6 Å². The summed E-state index contributed by atoms with van der Waals surface area (Å²) in [5.74, 6) is -2.67. The zero-order valence-corrected chi connectivity index (χ0v) is 11.1. The monoisotopic (exact) mass is 307 g/mol. The van der Waals surface area contributed by atoms with Crippen molar-refractivity contribution in [3.8, 4) is 0 Å². The number of anilines is 1. The van der Waals surface area contributed by atoms with Gasteiger partial charge in [0.1, 0.15) is 5.82 Å². The van der Waals surface area contributed by atoms with Crippen LogP contribution in [0.5, 0.6) is 0 Å².